The Morgan fingerprint density at radius 2 is 1.52 bits per heavy atom. The van der Waals surface area contributed by atoms with E-state index < -0.39 is 0 Å². The Morgan fingerprint density at radius 1 is 0.903 bits per heavy atom. The number of hydrogen-bond acceptors (Lipinski definition) is 4. The van der Waals surface area contributed by atoms with Crippen molar-refractivity contribution >= 4 is 52.9 Å². The molecule has 0 spiro atoms. The summed E-state index contributed by atoms with van der Waals surface area (Å²) >= 11 is 5.23. The number of nitrogens with zero attached hydrogens (tertiary/aromatic N) is 1. The molecule has 0 saturated carbocycles. The molecular weight excluding hydrogens is 432 g/mol. The van der Waals surface area contributed by atoms with Crippen LogP contribution in [0, 0.1) is 13.8 Å². The molecule has 8 heteroatoms. The third-order valence-electron chi connectivity index (χ3n) is 4.68. The summed E-state index contributed by atoms with van der Waals surface area (Å²) in [4.78, 5) is 26.5. The molecule has 0 heterocycles. The minimum Gasteiger partial charge on any atom is -0.332 e. The van der Waals surface area contributed by atoms with Gasteiger partial charge in [0.25, 0.3) is 5.91 Å². The van der Waals surface area contributed by atoms with Gasteiger partial charge in [0.15, 0.2) is 5.11 Å². The van der Waals surface area contributed by atoms with Crippen molar-refractivity contribution in [3.8, 4) is 0 Å². The average molecular weight is 463 g/mol. The molecule has 0 unspecified atom stereocenters. The van der Waals surface area contributed by atoms with Crippen LogP contribution in [0.25, 0.3) is 0 Å². The number of aryl methyl sites for hydroxylation is 2. The van der Waals surface area contributed by atoms with Gasteiger partial charge in [-0.05, 0) is 107 Å². The molecule has 6 nitrogen and oxygen atoms in total. The number of nitrogens with one attached hydrogen (secondary N) is 3. The second-order valence-corrected chi connectivity index (χ2v) is 8.00. The Labute approximate surface area is 196 Å². The maximum absolute atomic E-state index is 12.3. The molecule has 3 N–H and O–H groups in total. The van der Waals surface area contributed by atoms with Crippen molar-refractivity contribution in [1.29, 1.82) is 0 Å². The van der Waals surface area contributed by atoms with E-state index in [1.165, 1.54) is 0 Å². The Bertz CT molecular complexity index is 901. The first-order valence-corrected chi connectivity index (χ1v) is 10.4. The number of carbonyl (C=O) groups excluding carboxylic acids is 2. The first kappa shape index (κ1) is 26.6. The van der Waals surface area contributed by atoms with Crippen molar-refractivity contribution in [1.82, 2.24) is 10.2 Å². The van der Waals surface area contributed by atoms with Gasteiger partial charge in [-0.2, -0.15) is 0 Å². The van der Waals surface area contributed by atoms with Crippen LogP contribution in [0.1, 0.15) is 40.7 Å². The molecule has 0 fully saturated rings. The van der Waals surface area contributed by atoms with E-state index in [9.17, 15) is 9.59 Å². The smallest absolute Gasteiger partial charge is 0.257 e. The standard InChI is InChI=1S/C23H30N4O2S.ClH/c1-16-8-9-18(15-17(16)2)22(29)26-23(30)25-20-12-10-19(11-13-20)24-21(28)7-5-6-14-27(3)4;/h8-13,15H,5-7,14H2,1-4H3,(H,24,28)(H2,25,26,29,30);1H. The number of thiocarbonyl (C=S) groups is 1. The predicted molar refractivity (Wildman–Crippen MR) is 134 cm³/mol. The minimum atomic E-state index is -0.256. The van der Waals surface area contributed by atoms with E-state index in [0.717, 1.165) is 41.9 Å². The highest BCUT2D eigenvalue weighted by Crippen LogP contribution is 2.15. The summed E-state index contributed by atoms with van der Waals surface area (Å²) in [6.45, 7) is 4.95. The van der Waals surface area contributed by atoms with Gasteiger partial charge in [-0.3, -0.25) is 14.9 Å². The van der Waals surface area contributed by atoms with Crippen LogP contribution in [-0.4, -0.2) is 42.5 Å². The maximum Gasteiger partial charge on any atom is 0.257 e. The molecule has 2 amide bonds. The van der Waals surface area contributed by atoms with E-state index in [2.05, 4.69) is 20.9 Å². The molecule has 0 saturated heterocycles. The molecule has 0 aliphatic heterocycles. The fraction of sp³-hybridized carbons (Fsp3) is 0.348. The molecule has 2 rings (SSSR count). The zero-order valence-electron chi connectivity index (χ0n) is 18.5. The molecule has 2 aromatic carbocycles. The SMILES string of the molecule is Cc1ccc(C(=O)NC(=S)Nc2ccc(NC(=O)CCCCN(C)C)cc2)cc1C.Cl. The summed E-state index contributed by atoms with van der Waals surface area (Å²) < 4.78 is 0. The van der Waals surface area contributed by atoms with Crippen molar-refractivity contribution in [3.63, 3.8) is 0 Å². The topological polar surface area (TPSA) is 73.5 Å². The van der Waals surface area contributed by atoms with Gasteiger partial charge in [-0.15, -0.1) is 12.4 Å². The van der Waals surface area contributed by atoms with Crippen molar-refractivity contribution in [2.45, 2.75) is 33.1 Å². The Balaban J connectivity index is 0.00000480. The summed E-state index contributed by atoms with van der Waals surface area (Å²) in [5.74, 6) is -0.251. The lowest BCUT2D eigenvalue weighted by Crippen LogP contribution is -2.34. The van der Waals surface area contributed by atoms with Crippen LogP contribution in [0.5, 0.6) is 0 Å². The summed E-state index contributed by atoms with van der Waals surface area (Å²) in [5, 5.41) is 8.78. The summed E-state index contributed by atoms with van der Waals surface area (Å²) in [6.07, 6.45) is 2.36. The number of hydrogen-bond donors (Lipinski definition) is 3. The zero-order valence-corrected chi connectivity index (χ0v) is 20.1. The average Bonchev–Trinajstić information content (AvgIpc) is 2.68. The van der Waals surface area contributed by atoms with Gasteiger partial charge in [-0.25, -0.2) is 0 Å². The first-order chi connectivity index (χ1) is 14.2. The second kappa shape index (κ2) is 13.0. The molecule has 31 heavy (non-hydrogen) atoms. The van der Waals surface area contributed by atoms with Gasteiger partial charge in [0.1, 0.15) is 0 Å². The monoisotopic (exact) mass is 462 g/mol. The number of carbonyl (C=O) groups is 2. The van der Waals surface area contributed by atoms with Gasteiger partial charge in [-0.1, -0.05) is 6.07 Å². The summed E-state index contributed by atoms with van der Waals surface area (Å²) in [5.41, 5.74) is 4.20. The van der Waals surface area contributed by atoms with Crippen LogP contribution in [0.4, 0.5) is 11.4 Å². The molecule has 0 bridgehead atoms. The fourth-order valence-electron chi connectivity index (χ4n) is 2.79. The van der Waals surface area contributed by atoms with Gasteiger partial charge >= 0.3 is 0 Å². The van der Waals surface area contributed by atoms with Crippen LogP contribution in [0.2, 0.25) is 0 Å². The number of anilines is 2. The zero-order chi connectivity index (χ0) is 22.1. The predicted octanol–water partition coefficient (Wildman–Crippen LogP) is 4.52. The normalized spacial score (nSPS) is 10.2. The van der Waals surface area contributed by atoms with E-state index in [4.69, 9.17) is 12.2 Å². The van der Waals surface area contributed by atoms with Gasteiger partial charge < -0.3 is 15.5 Å². The molecule has 0 radical (unpaired) electrons. The maximum atomic E-state index is 12.3. The quantitative estimate of drug-likeness (QED) is 0.397. The van der Waals surface area contributed by atoms with Crippen LogP contribution in [0.3, 0.4) is 0 Å². The third-order valence-corrected chi connectivity index (χ3v) is 4.89. The third kappa shape index (κ3) is 9.46. The highest BCUT2D eigenvalue weighted by molar-refractivity contribution is 7.80. The Hall–Kier alpha value is -2.48. The molecule has 2 aromatic rings. The lowest BCUT2D eigenvalue weighted by Gasteiger charge is -2.12. The van der Waals surface area contributed by atoms with E-state index in [0.29, 0.717) is 12.0 Å². The van der Waals surface area contributed by atoms with Gasteiger partial charge in [0, 0.05) is 23.4 Å². The fourth-order valence-corrected chi connectivity index (χ4v) is 3.00. The van der Waals surface area contributed by atoms with E-state index in [1.807, 2.05) is 40.1 Å². The van der Waals surface area contributed by atoms with Gasteiger partial charge in [0.2, 0.25) is 5.91 Å². The van der Waals surface area contributed by atoms with Crippen molar-refractivity contribution < 1.29 is 9.59 Å². The second-order valence-electron chi connectivity index (χ2n) is 7.59. The van der Waals surface area contributed by atoms with Crippen LogP contribution < -0.4 is 16.0 Å². The summed E-state index contributed by atoms with van der Waals surface area (Å²) in [6, 6.07) is 12.7. The highest BCUT2D eigenvalue weighted by atomic mass is 35.5. The van der Waals surface area contributed by atoms with Crippen molar-refractivity contribution in [2.75, 3.05) is 31.3 Å². The molecule has 0 atom stereocenters. The van der Waals surface area contributed by atoms with Crippen LogP contribution in [-0.2, 0) is 4.79 Å². The number of benzene rings is 2. The minimum absolute atomic E-state index is 0. The van der Waals surface area contributed by atoms with E-state index in [1.54, 1.807) is 30.3 Å². The summed E-state index contributed by atoms with van der Waals surface area (Å²) in [7, 11) is 4.05. The molecule has 0 aromatic heterocycles. The number of rotatable bonds is 8. The highest BCUT2D eigenvalue weighted by Gasteiger charge is 2.09. The first-order valence-electron chi connectivity index (χ1n) is 9.99. The van der Waals surface area contributed by atoms with Crippen LogP contribution in [0.15, 0.2) is 42.5 Å². The van der Waals surface area contributed by atoms with E-state index >= 15 is 0 Å². The number of amides is 2. The number of unbranched alkanes of at least 4 members (excludes halogenated alkanes) is 1. The largest absolute Gasteiger partial charge is 0.332 e. The Kier molecular flexibility index (Phi) is 11.2. The lowest BCUT2D eigenvalue weighted by molar-refractivity contribution is -0.116. The number of halogens is 1. The van der Waals surface area contributed by atoms with Crippen molar-refractivity contribution in [2.24, 2.45) is 0 Å². The lowest BCUT2D eigenvalue weighted by atomic mass is 10.1. The molecule has 0 aliphatic rings. The van der Waals surface area contributed by atoms with Crippen LogP contribution >= 0.6 is 24.6 Å². The molecule has 0 aliphatic carbocycles. The van der Waals surface area contributed by atoms with E-state index in [-0.39, 0.29) is 29.3 Å². The van der Waals surface area contributed by atoms with Crippen molar-refractivity contribution in [3.05, 3.63) is 59.2 Å². The molecular formula is C23H31ClN4O2S. The molecule has 168 valence electrons. The van der Waals surface area contributed by atoms with Gasteiger partial charge in [0.05, 0.1) is 0 Å². The Morgan fingerprint density at radius 3 is 2.10 bits per heavy atom.